The van der Waals surface area contributed by atoms with E-state index < -0.39 is 0 Å². The zero-order valence-corrected chi connectivity index (χ0v) is 14.5. The third kappa shape index (κ3) is 5.26. The Labute approximate surface area is 143 Å². The predicted molar refractivity (Wildman–Crippen MR) is 97.0 cm³/mol. The molecule has 1 amide bonds. The molecule has 24 heavy (non-hydrogen) atoms. The summed E-state index contributed by atoms with van der Waals surface area (Å²) in [6, 6.07) is 11.3. The average Bonchev–Trinajstić information content (AvgIpc) is 2.57. The molecule has 2 aromatic rings. The number of nitrogens with zero attached hydrogens (tertiary/aromatic N) is 1. The van der Waals surface area contributed by atoms with Gasteiger partial charge in [0, 0.05) is 6.54 Å². The minimum atomic E-state index is -0.140. The van der Waals surface area contributed by atoms with Crippen LogP contribution in [0.4, 0.5) is 11.4 Å². The first-order valence-electron chi connectivity index (χ1n) is 8.37. The molecule has 0 unspecified atom stereocenters. The van der Waals surface area contributed by atoms with Crippen molar-refractivity contribution in [3.8, 4) is 5.75 Å². The molecule has 0 radical (unpaired) electrons. The van der Waals surface area contributed by atoms with Crippen LogP contribution >= 0.6 is 0 Å². The predicted octanol–water partition coefficient (Wildman–Crippen LogP) is 4.14. The summed E-state index contributed by atoms with van der Waals surface area (Å²) < 4.78 is 5.79. The van der Waals surface area contributed by atoms with Crippen LogP contribution in [0.1, 0.15) is 44.1 Å². The largest absolute Gasteiger partial charge is 0.489 e. The first-order valence-corrected chi connectivity index (χ1v) is 8.37. The van der Waals surface area contributed by atoms with Gasteiger partial charge in [-0.25, -0.2) is 4.98 Å². The second-order valence-corrected chi connectivity index (χ2v) is 5.83. The van der Waals surface area contributed by atoms with Crippen molar-refractivity contribution in [2.75, 3.05) is 11.9 Å². The Morgan fingerprint density at radius 1 is 1.21 bits per heavy atom. The molecule has 0 aliphatic rings. The standard InChI is InChI=1S/C19H25N3O2/c1-4-5-12-20-19(23)17-11-10-15(13-21-17)22-16-8-6-7-9-18(16)24-14(2)3/h6-11,13-14,22H,4-5,12H2,1-3H3,(H,20,23). The highest BCUT2D eigenvalue weighted by molar-refractivity contribution is 5.92. The van der Waals surface area contributed by atoms with Gasteiger partial charge >= 0.3 is 0 Å². The minimum Gasteiger partial charge on any atom is -0.489 e. The van der Waals surface area contributed by atoms with E-state index in [1.54, 1.807) is 12.3 Å². The van der Waals surface area contributed by atoms with Crippen molar-refractivity contribution in [3.63, 3.8) is 0 Å². The molecule has 0 aliphatic carbocycles. The molecular weight excluding hydrogens is 302 g/mol. The summed E-state index contributed by atoms with van der Waals surface area (Å²) >= 11 is 0. The van der Waals surface area contributed by atoms with E-state index in [9.17, 15) is 4.79 Å². The first kappa shape index (κ1) is 17.8. The minimum absolute atomic E-state index is 0.0975. The Balaban J connectivity index is 2.03. The van der Waals surface area contributed by atoms with E-state index in [0.717, 1.165) is 30.0 Å². The van der Waals surface area contributed by atoms with Gasteiger partial charge in [-0.05, 0) is 44.5 Å². The summed E-state index contributed by atoms with van der Waals surface area (Å²) in [6.45, 7) is 6.75. The fourth-order valence-electron chi connectivity index (χ4n) is 2.15. The van der Waals surface area contributed by atoms with Gasteiger partial charge in [0.1, 0.15) is 11.4 Å². The molecule has 0 fully saturated rings. The molecule has 0 saturated heterocycles. The number of ether oxygens (including phenoxy) is 1. The van der Waals surface area contributed by atoms with Crippen LogP contribution in [0.25, 0.3) is 0 Å². The first-order chi connectivity index (χ1) is 11.6. The lowest BCUT2D eigenvalue weighted by molar-refractivity contribution is 0.0948. The van der Waals surface area contributed by atoms with Crippen LogP contribution in [0.5, 0.6) is 5.75 Å². The molecule has 0 bridgehead atoms. The van der Waals surface area contributed by atoms with E-state index >= 15 is 0 Å². The van der Waals surface area contributed by atoms with Gasteiger partial charge in [-0.2, -0.15) is 0 Å². The number of nitrogens with one attached hydrogen (secondary N) is 2. The van der Waals surface area contributed by atoms with E-state index in [2.05, 4.69) is 22.5 Å². The highest BCUT2D eigenvalue weighted by atomic mass is 16.5. The number of hydrogen-bond acceptors (Lipinski definition) is 4. The Morgan fingerprint density at radius 2 is 2.00 bits per heavy atom. The van der Waals surface area contributed by atoms with Crippen LogP contribution in [0, 0.1) is 0 Å². The summed E-state index contributed by atoms with van der Waals surface area (Å²) in [5, 5.41) is 6.14. The molecule has 0 spiro atoms. The third-order valence-corrected chi connectivity index (χ3v) is 3.34. The SMILES string of the molecule is CCCCNC(=O)c1ccc(Nc2ccccc2OC(C)C)cn1. The van der Waals surface area contributed by atoms with Crippen molar-refractivity contribution in [1.29, 1.82) is 0 Å². The van der Waals surface area contributed by atoms with Crippen molar-refractivity contribution in [1.82, 2.24) is 10.3 Å². The van der Waals surface area contributed by atoms with E-state index in [1.165, 1.54) is 0 Å². The number of hydrogen-bond donors (Lipinski definition) is 2. The highest BCUT2D eigenvalue weighted by Gasteiger charge is 2.08. The molecule has 0 atom stereocenters. The maximum Gasteiger partial charge on any atom is 0.269 e. The van der Waals surface area contributed by atoms with Gasteiger partial charge in [0.25, 0.3) is 5.91 Å². The van der Waals surface area contributed by atoms with Crippen LogP contribution in [0.15, 0.2) is 42.6 Å². The van der Waals surface area contributed by atoms with Crippen LogP contribution in [-0.2, 0) is 0 Å². The van der Waals surface area contributed by atoms with E-state index in [-0.39, 0.29) is 12.0 Å². The molecule has 1 heterocycles. The lowest BCUT2D eigenvalue weighted by Gasteiger charge is -2.15. The van der Waals surface area contributed by atoms with Crippen molar-refractivity contribution in [2.45, 2.75) is 39.7 Å². The van der Waals surface area contributed by atoms with Crippen molar-refractivity contribution >= 4 is 17.3 Å². The average molecular weight is 327 g/mol. The maximum absolute atomic E-state index is 12.0. The number of para-hydroxylation sites is 2. The van der Waals surface area contributed by atoms with E-state index in [0.29, 0.717) is 12.2 Å². The fourth-order valence-corrected chi connectivity index (χ4v) is 2.15. The number of rotatable bonds is 8. The molecule has 5 heteroatoms. The number of aromatic nitrogens is 1. The number of carbonyl (C=O) groups excluding carboxylic acids is 1. The van der Waals surface area contributed by atoms with Crippen molar-refractivity contribution in [3.05, 3.63) is 48.3 Å². The summed E-state index contributed by atoms with van der Waals surface area (Å²) in [6.07, 6.45) is 3.77. The number of anilines is 2. The van der Waals surface area contributed by atoms with Gasteiger partial charge in [-0.1, -0.05) is 25.5 Å². The normalized spacial score (nSPS) is 10.5. The smallest absolute Gasteiger partial charge is 0.269 e. The molecule has 1 aromatic carbocycles. The van der Waals surface area contributed by atoms with Gasteiger partial charge in [0.2, 0.25) is 0 Å². The second kappa shape index (κ2) is 8.91. The van der Waals surface area contributed by atoms with Gasteiger partial charge in [0.15, 0.2) is 0 Å². The summed E-state index contributed by atoms with van der Waals surface area (Å²) in [5.74, 6) is 0.646. The molecule has 1 aromatic heterocycles. The number of unbranched alkanes of at least 4 members (excludes halogenated alkanes) is 1. The van der Waals surface area contributed by atoms with Crippen LogP contribution in [0.2, 0.25) is 0 Å². The number of amides is 1. The highest BCUT2D eigenvalue weighted by Crippen LogP contribution is 2.27. The quantitative estimate of drug-likeness (QED) is 0.715. The molecule has 2 N–H and O–H groups in total. The number of pyridine rings is 1. The Kier molecular flexibility index (Phi) is 6.61. The lowest BCUT2D eigenvalue weighted by Crippen LogP contribution is -2.25. The van der Waals surface area contributed by atoms with Crippen LogP contribution in [-0.4, -0.2) is 23.5 Å². The zero-order chi connectivity index (χ0) is 17.4. The summed E-state index contributed by atoms with van der Waals surface area (Å²) in [4.78, 5) is 16.2. The van der Waals surface area contributed by atoms with Gasteiger partial charge in [-0.3, -0.25) is 4.79 Å². The van der Waals surface area contributed by atoms with Gasteiger partial charge in [-0.15, -0.1) is 0 Å². The Hall–Kier alpha value is -2.56. The monoisotopic (exact) mass is 327 g/mol. The molecule has 0 saturated carbocycles. The number of carbonyl (C=O) groups is 1. The second-order valence-electron chi connectivity index (χ2n) is 5.83. The fraction of sp³-hybridized carbons (Fsp3) is 0.368. The molecule has 5 nitrogen and oxygen atoms in total. The number of benzene rings is 1. The summed E-state index contributed by atoms with van der Waals surface area (Å²) in [5.41, 5.74) is 2.09. The van der Waals surface area contributed by atoms with Crippen LogP contribution < -0.4 is 15.4 Å². The van der Waals surface area contributed by atoms with Crippen molar-refractivity contribution < 1.29 is 9.53 Å². The Morgan fingerprint density at radius 3 is 2.67 bits per heavy atom. The molecule has 128 valence electrons. The van der Waals surface area contributed by atoms with Crippen molar-refractivity contribution in [2.24, 2.45) is 0 Å². The van der Waals surface area contributed by atoms with Gasteiger partial charge in [0.05, 0.1) is 23.7 Å². The van der Waals surface area contributed by atoms with Crippen LogP contribution in [0.3, 0.4) is 0 Å². The van der Waals surface area contributed by atoms with E-state index in [4.69, 9.17) is 4.74 Å². The van der Waals surface area contributed by atoms with Gasteiger partial charge < -0.3 is 15.4 Å². The lowest BCUT2D eigenvalue weighted by atomic mass is 10.2. The van der Waals surface area contributed by atoms with E-state index in [1.807, 2.05) is 44.2 Å². The Bertz CT molecular complexity index is 654. The molecule has 2 rings (SSSR count). The molecule has 0 aliphatic heterocycles. The topological polar surface area (TPSA) is 63.2 Å². The third-order valence-electron chi connectivity index (χ3n) is 3.34. The summed E-state index contributed by atoms with van der Waals surface area (Å²) in [7, 11) is 0. The zero-order valence-electron chi connectivity index (χ0n) is 14.5. The molecular formula is C19H25N3O2. The maximum atomic E-state index is 12.0.